The first-order valence-corrected chi connectivity index (χ1v) is 9.33. The molecule has 0 spiro atoms. The fourth-order valence-electron chi connectivity index (χ4n) is 1.93. The van der Waals surface area contributed by atoms with E-state index in [1.807, 2.05) is 20.1 Å². The normalized spacial score (nSPS) is 15.5. The van der Waals surface area contributed by atoms with E-state index in [4.69, 9.17) is 15.9 Å². The number of carbonyl (C=O) groups excluding carboxylic acids is 2. The van der Waals surface area contributed by atoms with Gasteiger partial charge in [0, 0.05) is 0 Å². The van der Waals surface area contributed by atoms with Crippen molar-refractivity contribution in [3.8, 4) is 0 Å². The Bertz CT molecular complexity index is 488. The third kappa shape index (κ3) is 8.73. The van der Waals surface area contributed by atoms with Gasteiger partial charge in [0.05, 0.1) is 12.5 Å². The molecule has 25 heavy (non-hydrogen) atoms. The molecule has 0 aromatic carbocycles. The maximum absolute atomic E-state index is 12.3. The van der Waals surface area contributed by atoms with Crippen molar-refractivity contribution in [2.75, 3.05) is 12.0 Å². The zero-order chi connectivity index (χ0) is 19.6. The van der Waals surface area contributed by atoms with E-state index in [0.717, 1.165) is 0 Å². The molecule has 0 aliphatic heterocycles. The van der Waals surface area contributed by atoms with Crippen molar-refractivity contribution in [3.05, 3.63) is 0 Å². The maximum Gasteiger partial charge on any atom is 0.326 e. The standard InChI is InChI=1S/C15H27N3O6S/c1-4-8(2)12(16)14(22)17-9(5-6-25-3)13(21)18-10(15(23)24)7-11(19)20/h8-10,12H,4-7,16H2,1-3H3,(H,17,22)(H,18,21)(H,19,20)(H,23,24)/t8-,9-,10-,12-/m0/s1. The van der Waals surface area contributed by atoms with Crippen molar-refractivity contribution in [2.24, 2.45) is 11.7 Å². The molecule has 0 fully saturated rings. The van der Waals surface area contributed by atoms with Crippen molar-refractivity contribution in [3.63, 3.8) is 0 Å². The number of carboxylic acid groups (broad SMARTS) is 2. The number of aliphatic carboxylic acids is 2. The van der Waals surface area contributed by atoms with Crippen LogP contribution in [0.1, 0.15) is 33.1 Å². The van der Waals surface area contributed by atoms with E-state index in [0.29, 0.717) is 12.2 Å². The predicted molar refractivity (Wildman–Crippen MR) is 94.2 cm³/mol. The molecular weight excluding hydrogens is 350 g/mol. The van der Waals surface area contributed by atoms with Gasteiger partial charge in [-0.05, 0) is 24.3 Å². The number of carbonyl (C=O) groups is 4. The van der Waals surface area contributed by atoms with E-state index in [1.54, 1.807) is 0 Å². The van der Waals surface area contributed by atoms with Crippen LogP contribution in [0.25, 0.3) is 0 Å². The molecule has 0 unspecified atom stereocenters. The quantitative estimate of drug-likeness (QED) is 0.308. The van der Waals surface area contributed by atoms with Crippen molar-refractivity contribution >= 4 is 35.5 Å². The Hall–Kier alpha value is -1.81. The second-order valence-corrected chi connectivity index (χ2v) is 6.74. The predicted octanol–water partition coefficient (Wildman–Crippen LogP) is -0.358. The number of amides is 2. The van der Waals surface area contributed by atoms with Gasteiger partial charge in [-0.25, -0.2) is 4.79 Å². The number of nitrogens with one attached hydrogen (secondary N) is 2. The lowest BCUT2D eigenvalue weighted by atomic mass is 9.99. The highest BCUT2D eigenvalue weighted by molar-refractivity contribution is 7.98. The number of thioether (sulfide) groups is 1. The van der Waals surface area contributed by atoms with Gasteiger partial charge >= 0.3 is 11.9 Å². The summed E-state index contributed by atoms with van der Waals surface area (Å²) in [4.78, 5) is 46.3. The average Bonchev–Trinajstić information content (AvgIpc) is 2.55. The fraction of sp³-hybridized carbons (Fsp3) is 0.733. The molecular formula is C15H27N3O6S. The van der Waals surface area contributed by atoms with Crippen LogP contribution >= 0.6 is 11.8 Å². The van der Waals surface area contributed by atoms with Crippen molar-refractivity contribution < 1.29 is 29.4 Å². The van der Waals surface area contributed by atoms with Gasteiger partial charge in [-0.2, -0.15) is 11.8 Å². The maximum atomic E-state index is 12.3. The van der Waals surface area contributed by atoms with Gasteiger partial charge in [0.1, 0.15) is 12.1 Å². The lowest BCUT2D eigenvalue weighted by molar-refractivity contribution is -0.147. The number of hydrogen-bond donors (Lipinski definition) is 5. The molecule has 0 rings (SSSR count). The minimum atomic E-state index is -1.57. The van der Waals surface area contributed by atoms with Crippen LogP contribution < -0.4 is 16.4 Å². The van der Waals surface area contributed by atoms with E-state index in [9.17, 15) is 19.2 Å². The minimum Gasteiger partial charge on any atom is -0.481 e. The molecule has 4 atom stereocenters. The highest BCUT2D eigenvalue weighted by Gasteiger charge is 2.29. The van der Waals surface area contributed by atoms with Crippen LogP contribution in [0.15, 0.2) is 0 Å². The van der Waals surface area contributed by atoms with E-state index >= 15 is 0 Å². The van der Waals surface area contributed by atoms with E-state index in [1.165, 1.54) is 11.8 Å². The van der Waals surface area contributed by atoms with Gasteiger partial charge in [-0.15, -0.1) is 0 Å². The van der Waals surface area contributed by atoms with Gasteiger partial charge in [0.15, 0.2) is 0 Å². The van der Waals surface area contributed by atoms with E-state index < -0.39 is 48.3 Å². The summed E-state index contributed by atoms with van der Waals surface area (Å²) in [6.07, 6.45) is 2.03. The first-order valence-electron chi connectivity index (χ1n) is 7.93. The number of nitrogens with two attached hydrogens (primary N) is 1. The summed E-state index contributed by atoms with van der Waals surface area (Å²) in [6.45, 7) is 3.70. The number of hydrogen-bond acceptors (Lipinski definition) is 6. The molecule has 0 bridgehead atoms. The molecule has 0 saturated carbocycles. The highest BCUT2D eigenvalue weighted by Crippen LogP contribution is 2.08. The molecule has 0 radical (unpaired) electrons. The van der Waals surface area contributed by atoms with Crippen LogP contribution in [0.4, 0.5) is 0 Å². The molecule has 144 valence electrons. The summed E-state index contributed by atoms with van der Waals surface area (Å²) in [5, 5.41) is 22.4. The Kier molecular flexibility index (Phi) is 10.8. The van der Waals surface area contributed by atoms with Crippen LogP contribution in [0.2, 0.25) is 0 Å². The highest BCUT2D eigenvalue weighted by atomic mass is 32.2. The molecule has 0 aromatic rings. The summed E-state index contributed by atoms with van der Waals surface area (Å²) in [5.74, 6) is -3.58. The molecule has 0 saturated heterocycles. The van der Waals surface area contributed by atoms with E-state index in [-0.39, 0.29) is 12.3 Å². The molecule has 2 amide bonds. The van der Waals surface area contributed by atoms with Crippen LogP contribution in [-0.4, -0.2) is 64.1 Å². The average molecular weight is 377 g/mol. The molecule has 0 aromatic heterocycles. The van der Waals surface area contributed by atoms with E-state index in [2.05, 4.69) is 10.6 Å². The van der Waals surface area contributed by atoms with Crippen molar-refractivity contribution in [1.29, 1.82) is 0 Å². The first kappa shape index (κ1) is 23.2. The first-order chi connectivity index (χ1) is 11.6. The lowest BCUT2D eigenvalue weighted by Gasteiger charge is -2.24. The van der Waals surface area contributed by atoms with Crippen molar-refractivity contribution in [1.82, 2.24) is 10.6 Å². The minimum absolute atomic E-state index is 0.0805. The van der Waals surface area contributed by atoms with Crippen molar-refractivity contribution in [2.45, 2.75) is 51.2 Å². The zero-order valence-corrected chi connectivity index (χ0v) is 15.5. The van der Waals surface area contributed by atoms with Crippen LogP contribution in [0, 0.1) is 5.92 Å². The van der Waals surface area contributed by atoms with Crippen LogP contribution in [0.5, 0.6) is 0 Å². The Morgan fingerprint density at radius 2 is 1.64 bits per heavy atom. The van der Waals surface area contributed by atoms with Gasteiger partial charge < -0.3 is 26.6 Å². The zero-order valence-electron chi connectivity index (χ0n) is 14.7. The van der Waals surface area contributed by atoms with Gasteiger partial charge in [-0.1, -0.05) is 20.3 Å². The Morgan fingerprint density at radius 3 is 2.08 bits per heavy atom. The third-order valence-corrected chi connectivity index (χ3v) is 4.44. The summed E-state index contributed by atoms with van der Waals surface area (Å²) < 4.78 is 0. The smallest absolute Gasteiger partial charge is 0.326 e. The summed E-state index contributed by atoms with van der Waals surface area (Å²) in [6, 6.07) is -3.34. The van der Waals surface area contributed by atoms with Gasteiger partial charge in [-0.3, -0.25) is 14.4 Å². The van der Waals surface area contributed by atoms with Gasteiger partial charge in [0.25, 0.3) is 0 Å². The molecule has 0 aliphatic rings. The largest absolute Gasteiger partial charge is 0.481 e. The molecule has 0 heterocycles. The second-order valence-electron chi connectivity index (χ2n) is 5.75. The van der Waals surface area contributed by atoms with Gasteiger partial charge in [0.2, 0.25) is 11.8 Å². The third-order valence-electron chi connectivity index (χ3n) is 3.80. The summed E-state index contributed by atoms with van der Waals surface area (Å²) in [5.41, 5.74) is 5.84. The molecule has 9 nitrogen and oxygen atoms in total. The topological polar surface area (TPSA) is 159 Å². The second kappa shape index (κ2) is 11.7. The monoisotopic (exact) mass is 377 g/mol. The Morgan fingerprint density at radius 1 is 1.08 bits per heavy atom. The molecule has 10 heteroatoms. The Labute approximate surface area is 151 Å². The molecule has 0 aliphatic carbocycles. The van der Waals surface area contributed by atoms with Crippen LogP contribution in [-0.2, 0) is 19.2 Å². The number of carboxylic acids is 2. The SMILES string of the molecule is CC[C@H](C)[C@H](N)C(=O)N[C@@H](CCSC)C(=O)N[C@@H](CC(=O)O)C(=O)O. The lowest BCUT2D eigenvalue weighted by Crippen LogP contribution is -2.55. The molecule has 6 N–H and O–H groups in total. The Balaban J connectivity index is 5.04. The fourth-order valence-corrected chi connectivity index (χ4v) is 2.40. The van der Waals surface area contributed by atoms with Crippen LogP contribution in [0.3, 0.4) is 0 Å². The summed E-state index contributed by atoms with van der Waals surface area (Å²) in [7, 11) is 0. The summed E-state index contributed by atoms with van der Waals surface area (Å²) >= 11 is 1.46. The number of rotatable bonds is 12.